The van der Waals surface area contributed by atoms with Crippen molar-refractivity contribution < 1.29 is 8.81 Å². The lowest BCUT2D eigenvalue weighted by atomic mass is 9.99. The molecule has 0 spiro atoms. The summed E-state index contributed by atoms with van der Waals surface area (Å²) in [5.74, 6) is 0.533. The van der Waals surface area contributed by atoms with E-state index >= 15 is 0 Å². The molecule has 3 rings (SSSR count). The van der Waals surface area contributed by atoms with Crippen molar-refractivity contribution in [3.05, 3.63) is 28.4 Å². The van der Waals surface area contributed by atoms with Gasteiger partial charge in [-0.05, 0) is 37.3 Å². The van der Waals surface area contributed by atoms with E-state index in [2.05, 4.69) is 11.1 Å². The van der Waals surface area contributed by atoms with Gasteiger partial charge in [0.2, 0.25) is 0 Å². The molecule has 2 aromatic rings. The van der Waals surface area contributed by atoms with Crippen LogP contribution in [0.3, 0.4) is 0 Å². The van der Waals surface area contributed by atoms with E-state index < -0.39 is 0 Å². The molecule has 0 unspecified atom stereocenters. The molecule has 0 N–H and O–H groups in total. The quantitative estimate of drug-likeness (QED) is 0.811. The molecule has 3 nitrogen and oxygen atoms in total. The van der Waals surface area contributed by atoms with Crippen LogP contribution in [0, 0.1) is 24.1 Å². The molecule has 0 saturated heterocycles. The predicted molar refractivity (Wildman–Crippen MR) is 64.8 cm³/mol. The Morgan fingerprint density at radius 2 is 2.22 bits per heavy atom. The zero-order valence-corrected chi connectivity index (χ0v) is 10.4. The first-order valence-electron chi connectivity index (χ1n) is 6.18. The fourth-order valence-corrected chi connectivity index (χ4v) is 2.35. The second-order valence-electron chi connectivity index (χ2n) is 4.76. The second-order valence-corrected chi connectivity index (χ2v) is 4.76. The summed E-state index contributed by atoms with van der Waals surface area (Å²) in [5.41, 5.74) is 2.21. The molecule has 1 aliphatic rings. The van der Waals surface area contributed by atoms with Gasteiger partial charge in [-0.25, -0.2) is 9.37 Å². The first-order chi connectivity index (χ1) is 8.67. The highest BCUT2D eigenvalue weighted by atomic mass is 19.1. The molecule has 0 bridgehead atoms. The zero-order chi connectivity index (χ0) is 12.9. The number of halogens is 1. The molecule has 92 valence electrons. The highest BCUT2D eigenvalue weighted by Crippen LogP contribution is 2.42. The Balaban J connectivity index is 2.37. The number of aromatic nitrogens is 1. The topological polar surface area (TPSA) is 49.8 Å². The maximum absolute atomic E-state index is 14.3. The first kappa shape index (κ1) is 11.2. The summed E-state index contributed by atoms with van der Waals surface area (Å²) in [6.07, 6.45) is 2.62. The average molecular weight is 244 g/mol. The van der Waals surface area contributed by atoms with E-state index in [0.29, 0.717) is 40.4 Å². The molecular formula is C14H13FN2O. The summed E-state index contributed by atoms with van der Waals surface area (Å²) in [6.45, 7) is 3.64. The predicted octanol–water partition coefficient (Wildman–Crippen LogP) is 3.59. The monoisotopic (exact) mass is 244 g/mol. The van der Waals surface area contributed by atoms with E-state index in [1.807, 2.05) is 6.92 Å². The SMILES string of the molecule is CCc1c(C)c(C#N)c2nc(C3CC3)oc2c1F. The lowest BCUT2D eigenvalue weighted by molar-refractivity contribution is 0.505. The molecule has 1 saturated carbocycles. The van der Waals surface area contributed by atoms with E-state index in [-0.39, 0.29) is 11.4 Å². The number of nitrogens with zero attached hydrogens (tertiary/aromatic N) is 2. The van der Waals surface area contributed by atoms with Crippen molar-refractivity contribution in [1.82, 2.24) is 4.98 Å². The molecule has 1 aliphatic carbocycles. The van der Waals surface area contributed by atoms with Crippen LogP contribution in [0.2, 0.25) is 0 Å². The highest BCUT2D eigenvalue weighted by molar-refractivity contribution is 5.83. The van der Waals surface area contributed by atoms with E-state index in [1.165, 1.54) is 0 Å². The van der Waals surface area contributed by atoms with E-state index in [1.54, 1.807) is 6.92 Å². The number of benzene rings is 1. The standard InChI is InChI=1S/C14H13FN2O/c1-3-9-7(2)10(6-16)12-13(11(9)15)18-14(17-12)8-4-5-8/h8H,3-5H2,1-2H3. The van der Waals surface area contributed by atoms with Crippen LogP contribution < -0.4 is 0 Å². The normalized spacial score (nSPS) is 15.0. The van der Waals surface area contributed by atoms with Gasteiger partial charge >= 0.3 is 0 Å². The molecule has 0 aliphatic heterocycles. The molecule has 18 heavy (non-hydrogen) atoms. The van der Waals surface area contributed by atoms with Gasteiger partial charge in [-0.15, -0.1) is 0 Å². The van der Waals surface area contributed by atoms with Gasteiger partial charge in [-0.3, -0.25) is 0 Å². The fraction of sp³-hybridized carbons (Fsp3) is 0.429. The second kappa shape index (κ2) is 3.81. The minimum atomic E-state index is -0.358. The minimum Gasteiger partial charge on any atom is -0.437 e. The third-order valence-corrected chi connectivity index (χ3v) is 3.56. The van der Waals surface area contributed by atoms with Gasteiger partial charge in [-0.2, -0.15) is 5.26 Å². The van der Waals surface area contributed by atoms with Crippen molar-refractivity contribution >= 4 is 11.1 Å². The van der Waals surface area contributed by atoms with E-state index in [4.69, 9.17) is 4.42 Å². The van der Waals surface area contributed by atoms with Crippen molar-refractivity contribution in [2.45, 2.75) is 39.0 Å². The van der Waals surface area contributed by atoms with Crippen LogP contribution in [0.1, 0.15) is 48.3 Å². The third-order valence-electron chi connectivity index (χ3n) is 3.56. The van der Waals surface area contributed by atoms with Gasteiger partial charge in [0.05, 0.1) is 5.56 Å². The van der Waals surface area contributed by atoms with Crippen LogP contribution in [0.5, 0.6) is 0 Å². The van der Waals surface area contributed by atoms with Crippen molar-refractivity contribution in [1.29, 1.82) is 5.26 Å². The van der Waals surface area contributed by atoms with Crippen molar-refractivity contribution in [2.24, 2.45) is 0 Å². The molecule has 0 amide bonds. The van der Waals surface area contributed by atoms with Gasteiger partial charge in [0, 0.05) is 5.92 Å². The van der Waals surface area contributed by atoms with Crippen LogP contribution in [0.4, 0.5) is 4.39 Å². The summed E-state index contributed by atoms with van der Waals surface area (Å²) in [4.78, 5) is 4.31. The van der Waals surface area contributed by atoms with E-state index in [0.717, 1.165) is 12.8 Å². The number of fused-ring (bicyclic) bond motifs is 1. The Kier molecular flexibility index (Phi) is 2.37. The molecular weight excluding hydrogens is 231 g/mol. The number of hydrogen-bond acceptors (Lipinski definition) is 3. The maximum atomic E-state index is 14.3. The Morgan fingerprint density at radius 3 is 2.78 bits per heavy atom. The number of oxazole rings is 1. The molecule has 0 atom stereocenters. The van der Waals surface area contributed by atoms with Crippen LogP contribution in [0.25, 0.3) is 11.1 Å². The summed E-state index contributed by atoms with van der Waals surface area (Å²) in [7, 11) is 0. The van der Waals surface area contributed by atoms with Gasteiger partial charge in [0.25, 0.3) is 0 Å². The smallest absolute Gasteiger partial charge is 0.198 e. The van der Waals surface area contributed by atoms with Crippen LogP contribution >= 0.6 is 0 Å². The summed E-state index contributed by atoms with van der Waals surface area (Å²) < 4.78 is 19.8. The van der Waals surface area contributed by atoms with Gasteiger partial charge in [0.1, 0.15) is 11.6 Å². The van der Waals surface area contributed by atoms with Gasteiger partial charge in [-0.1, -0.05) is 6.92 Å². The largest absolute Gasteiger partial charge is 0.437 e. The summed E-state index contributed by atoms with van der Waals surface area (Å²) >= 11 is 0. The Hall–Kier alpha value is -1.89. The molecule has 1 fully saturated rings. The van der Waals surface area contributed by atoms with Gasteiger partial charge in [0.15, 0.2) is 17.3 Å². The lowest BCUT2D eigenvalue weighted by Gasteiger charge is -2.06. The Labute approximate surface area is 104 Å². The highest BCUT2D eigenvalue weighted by Gasteiger charge is 2.31. The van der Waals surface area contributed by atoms with E-state index in [9.17, 15) is 9.65 Å². The van der Waals surface area contributed by atoms with Gasteiger partial charge < -0.3 is 4.42 Å². The zero-order valence-electron chi connectivity index (χ0n) is 10.4. The lowest BCUT2D eigenvalue weighted by Crippen LogP contribution is -1.97. The summed E-state index contributed by atoms with van der Waals surface area (Å²) in [5, 5.41) is 9.24. The minimum absolute atomic E-state index is 0.149. The fourth-order valence-electron chi connectivity index (χ4n) is 2.35. The number of nitriles is 1. The van der Waals surface area contributed by atoms with Crippen LogP contribution in [-0.2, 0) is 6.42 Å². The maximum Gasteiger partial charge on any atom is 0.198 e. The molecule has 1 heterocycles. The number of rotatable bonds is 2. The third kappa shape index (κ3) is 1.43. The molecule has 4 heteroatoms. The van der Waals surface area contributed by atoms with Crippen molar-refractivity contribution in [3.63, 3.8) is 0 Å². The average Bonchev–Trinajstić information content (AvgIpc) is 3.11. The molecule has 1 aromatic heterocycles. The Morgan fingerprint density at radius 1 is 1.50 bits per heavy atom. The number of hydrogen-bond donors (Lipinski definition) is 0. The first-order valence-corrected chi connectivity index (χ1v) is 6.18. The Bertz CT molecular complexity index is 677. The molecule has 1 aromatic carbocycles. The van der Waals surface area contributed by atoms with Crippen molar-refractivity contribution in [2.75, 3.05) is 0 Å². The van der Waals surface area contributed by atoms with Crippen LogP contribution in [0.15, 0.2) is 4.42 Å². The van der Waals surface area contributed by atoms with Crippen molar-refractivity contribution in [3.8, 4) is 6.07 Å². The van der Waals surface area contributed by atoms with Crippen LogP contribution in [-0.4, -0.2) is 4.98 Å². The molecule has 0 radical (unpaired) electrons. The summed E-state index contributed by atoms with van der Waals surface area (Å²) in [6, 6.07) is 2.12.